The van der Waals surface area contributed by atoms with Gasteiger partial charge >= 0.3 is 0 Å². The minimum absolute atomic E-state index is 0.383. The molecule has 1 aromatic rings. The van der Waals surface area contributed by atoms with Crippen LogP contribution in [-0.2, 0) is 11.3 Å². The van der Waals surface area contributed by atoms with Crippen LogP contribution < -0.4 is 10.2 Å². The zero-order valence-electron chi connectivity index (χ0n) is 12.5. The van der Waals surface area contributed by atoms with E-state index >= 15 is 0 Å². The molecule has 3 nitrogen and oxygen atoms in total. The van der Waals surface area contributed by atoms with Crippen molar-refractivity contribution in [1.29, 1.82) is 0 Å². The fourth-order valence-electron chi connectivity index (χ4n) is 2.54. The molecule has 0 spiro atoms. The average molecular weight is 341 g/mol. The second kappa shape index (κ2) is 8.01. The summed E-state index contributed by atoms with van der Waals surface area (Å²) in [6, 6.07) is 6.59. The number of anilines is 1. The SMILES string of the molecule is CCNCc1ccc(N(C)CC2CCCCO2)cc1Br. The normalized spacial score (nSPS) is 19.1. The van der Waals surface area contributed by atoms with Crippen LogP contribution in [0, 0.1) is 0 Å². The van der Waals surface area contributed by atoms with E-state index in [1.165, 1.54) is 35.0 Å². The molecule has 0 aromatic heterocycles. The number of halogens is 1. The molecule has 1 heterocycles. The van der Waals surface area contributed by atoms with Crippen LogP contribution >= 0.6 is 15.9 Å². The maximum Gasteiger partial charge on any atom is 0.0749 e. The quantitative estimate of drug-likeness (QED) is 0.856. The Bertz CT molecular complexity index is 419. The smallest absolute Gasteiger partial charge is 0.0749 e. The van der Waals surface area contributed by atoms with Gasteiger partial charge in [-0.05, 0) is 43.5 Å². The van der Waals surface area contributed by atoms with Crippen LogP contribution in [-0.4, -0.2) is 32.8 Å². The number of nitrogens with zero attached hydrogens (tertiary/aromatic N) is 1. The first-order chi connectivity index (χ1) is 9.70. The molecule has 1 aromatic carbocycles. The molecule has 112 valence electrons. The van der Waals surface area contributed by atoms with Crippen molar-refractivity contribution in [3.63, 3.8) is 0 Å². The zero-order valence-corrected chi connectivity index (χ0v) is 14.1. The Labute approximate surface area is 130 Å². The lowest BCUT2D eigenvalue weighted by Gasteiger charge is -2.29. The third-order valence-corrected chi connectivity index (χ3v) is 4.53. The fourth-order valence-corrected chi connectivity index (χ4v) is 3.05. The Morgan fingerprint density at radius 2 is 2.25 bits per heavy atom. The molecular weight excluding hydrogens is 316 g/mol. The van der Waals surface area contributed by atoms with Crippen molar-refractivity contribution in [3.8, 4) is 0 Å². The minimum atomic E-state index is 0.383. The second-order valence-electron chi connectivity index (χ2n) is 5.43. The van der Waals surface area contributed by atoms with Gasteiger partial charge in [0.05, 0.1) is 6.10 Å². The molecule has 1 aliphatic rings. The maximum absolute atomic E-state index is 5.81. The summed E-state index contributed by atoms with van der Waals surface area (Å²) in [5, 5.41) is 3.36. The first-order valence-electron chi connectivity index (χ1n) is 7.52. The van der Waals surface area contributed by atoms with Gasteiger partial charge in [0.15, 0.2) is 0 Å². The highest BCUT2D eigenvalue weighted by molar-refractivity contribution is 9.10. The average Bonchev–Trinajstić information content (AvgIpc) is 2.47. The highest BCUT2D eigenvalue weighted by Gasteiger charge is 2.16. The van der Waals surface area contributed by atoms with Gasteiger partial charge in [-0.3, -0.25) is 0 Å². The summed E-state index contributed by atoms with van der Waals surface area (Å²) < 4.78 is 6.99. The van der Waals surface area contributed by atoms with E-state index in [1.807, 2.05) is 0 Å². The summed E-state index contributed by atoms with van der Waals surface area (Å²) in [4.78, 5) is 2.29. The van der Waals surface area contributed by atoms with Crippen molar-refractivity contribution in [2.75, 3.05) is 31.6 Å². The molecule has 1 fully saturated rings. The topological polar surface area (TPSA) is 24.5 Å². The monoisotopic (exact) mass is 340 g/mol. The number of ether oxygens (including phenoxy) is 1. The standard InChI is InChI=1S/C16H25BrN2O/c1-3-18-11-13-7-8-14(10-16(13)17)19(2)12-15-6-4-5-9-20-15/h7-8,10,15,18H,3-6,9,11-12H2,1-2H3. The lowest BCUT2D eigenvalue weighted by molar-refractivity contribution is 0.0216. The summed E-state index contributed by atoms with van der Waals surface area (Å²) in [6.45, 7) is 5.92. The minimum Gasteiger partial charge on any atom is -0.376 e. The van der Waals surface area contributed by atoms with E-state index < -0.39 is 0 Å². The molecule has 20 heavy (non-hydrogen) atoms. The molecule has 0 bridgehead atoms. The number of hydrogen-bond donors (Lipinski definition) is 1. The predicted octanol–water partition coefficient (Wildman–Crippen LogP) is 3.56. The van der Waals surface area contributed by atoms with Crippen molar-refractivity contribution in [2.45, 2.75) is 38.8 Å². The summed E-state index contributed by atoms with van der Waals surface area (Å²) in [5.41, 5.74) is 2.55. The third-order valence-electron chi connectivity index (χ3n) is 3.79. The van der Waals surface area contributed by atoms with E-state index in [1.54, 1.807) is 0 Å². The lowest BCUT2D eigenvalue weighted by atomic mass is 10.1. The Morgan fingerprint density at radius 3 is 2.90 bits per heavy atom. The number of likely N-dealkylation sites (N-methyl/N-ethyl adjacent to an activating group) is 1. The molecule has 1 atom stereocenters. The van der Waals surface area contributed by atoms with E-state index in [4.69, 9.17) is 4.74 Å². The molecule has 1 N–H and O–H groups in total. The Balaban J connectivity index is 1.95. The van der Waals surface area contributed by atoms with Gasteiger partial charge in [0, 0.05) is 36.9 Å². The van der Waals surface area contributed by atoms with Crippen LogP contribution in [0.1, 0.15) is 31.7 Å². The third kappa shape index (κ3) is 4.47. The maximum atomic E-state index is 5.81. The van der Waals surface area contributed by atoms with Gasteiger partial charge in [-0.1, -0.05) is 28.9 Å². The van der Waals surface area contributed by atoms with E-state index in [0.717, 1.165) is 26.2 Å². The van der Waals surface area contributed by atoms with Gasteiger partial charge < -0.3 is 15.0 Å². The van der Waals surface area contributed by atoms with Gasteiger partial charge in [0.2, 0.25) is 0 Å². The van der Waals surface area contributed by atoms with Gasteiger partial charge in [0.25, 0.3) is 0 Å². The molecular formula is C16H25BrN2O. The summed E-state index contributed by atoms with van der Waals surface area (Å²) in [7, 11) is 2.14. The van der Waals surface area contributed by atoms with E-state index in [2.05, 4.69) is 58.3 Å². The first-order valence-corrected chi connectivity index (χ1v) is 8.32. The number of nitrogens with one attached hydrogen (secondary N) is 1. The molecule has 0 radical (unpaired) electrons. The van der Waals surface area contributed by atoms with E-state index in [-0.39, 0.29) is 0 Å². The van der Waals surface area contributed by atoms with Crippen molar-refractivity contribution < 1.29 is 4.74 Å². The molecule has 0 amide bonds. The van der Waals surface area contributed by atoms with Crippen LogP contribution in [0.2, 0.25) is 0 Å². The number of hydrogen-bond acceptors (Lipinski definition) is 3. The molecule has 0 saturated carbocycles. The van der Waals surface area contributed by atoms with E-state index in [0.29, 0.717) is 6.10 Å². The van der Waals surface area contributed by atoms with Crippen LogP contribution in [0.15, 0.2) is 22.7 Å². The molecule has 0 aliphatic carbocycles. The van der Waals surface area contributed by atoms with Crippen LogP contribution in [0.5, 0.6) is 0 Å². The van der Waals surface area contributed by atoms with Gasteiger partial charge in [-0.2, -0.15) is 0 Å². The Kier molecular flexibility index (Phi) is 6.33. The highest BCUT2D eigenvalue weighted by atomic mass is 79.9. The Morgan fingerprint density at radius 1 is 1.40 bits per heavy atom. The molecule has 4 heteroatoms. The molecule has 1 saturated heterocycles. The van der Waals surface area contributed by atoms with Crippen LogP contribution in [0.4, 0.5) is 5.69 Å². The summed E-state index contributed by atoms with van der Waals surface area (Å²) in [6.07, 6.45) is 4.08. The molecule has 1 unspecified atom stereocenters. The van der Waals surface area contributed by atoms with Gasteiger partial charge in [0.1, 0.15) is 0 Å². The fraction of sp³-hybridized carbons (Fsp3) is 0.625. The van der Waals surface area contributed by atoms with Gasteiger partial charge in [-0.25, -0.2) is 0 Å². The van der Waals surface area contributed by atoms with Crippen molar-refractivity contribution >= 4 is 21.6 Å². The second-order valence-corrected chi connectivity index (χ2v) is 6.28. The van der Waals surface area contributed by atoms with Crippen LogP contribution in [0.3, 0.4) is 0 Å². The lowest BCUT2D eigenvalue weighted by Crippen LogP contribution is -2.33. The molecule has 1 aliphatic heterocycles. The van der Waals surface area contributed by atoms with Crippen molar-refractivity contribution in [1.82, 2.24) is 5.32 Å². The van der Waals surface area contributed by atoms with Crippen molar-refractivity contribution in [2.24, 2.45) is 0 Å². The Hall–Kier alpha value is -0.580. The van der Waals surface area contributed by atoms with E-state index in [9.17, 15) is 0 Å². The van der Waals surface area contributed by atoms with Crippen molar-refractivity contribution in [3.05, 3.63) is 28.2 Å². The van der Waals surface area contributed by atoms with Crippen LogP contribution in [0.25, 0.3) is 0 Å². The summed E-state index contributed by atoms with van der Waals surface area (Å²) in [5.74, 6) is 0. The first kappa shape index (κ1) is 15.8. The predicted molar refractivity (Wildman–Crippen MR) is 88.4 cm³/mol. The summed E-state index contributed by atoms with van der Waals surface area (Å²) >= 11 is 3.67. The number of benzene rings is 1. The molecule has 2 rings (SSSR count). The largest absolute Gasteiger partial charge is 0.376 e. The van der Waals surface area contributed by atoms with Gasteiger partial charge in [-0.15, -0.1) is 0 Å². The zero-order chi connectivity index (χ0) is 14.4. The number of rotatable bonds is 6. The highest BCUT2D eigenvalue weighted by Crippen LogP contribution is 2.25.